The van der Waals surface area contributed by atoms with Gasteiger partial charge in [0.2, 0.25) is 11.8 Å². The van der Waals surface area contributed by atoms with Gasteiger partial charge >= 0.3 is 0 Å². The lowest BCUT2D eigenvalue weighted by Gasteiger charge is -1.99. The van der Waals surface area contributed by atoms with Crippen LogP contribution in [0.15, 0.2) is 27.1 Å². The summed E-state index contributed by atoms with van der Waals surface area (Å²) in [5, 5.41) is 8.45. The zero-order valence-electron chi connectivity index (χ0n) is 8.08. The van der Waals surface area contributed by atoms with Crippen molar-refractivity contribution in [3.8, 4) is 11.5 Å². The predicted octanol–water partition coefficient (Wildman–Crippen LogP) is 3.93. The van der Waals surface area contributed by atoms with E-state index in [1.54, 1.807) is 12.1 Å². The first-order valence-electron chi connectivity index (χ1n) is 4.54. The molecule has 0 saturated heterocycles. The minimum atomic E-state index is 0.439. The van der Waals surface area contributed by atoms with E-state index in [1.165, 1.54) is 0 Å². The quantitative estimate of drug-likeness (QED) is 0.804. The van der Waals surface area contributed by atoms with Gasteiger partial charge in [-0.2, -0.15) is 0 Å². The van der Waals surface area contributed by atoms with Gasteiger partial charge in [-0.3, -0.25) is 0 Å². The Labute approximate surface area is 111 Å². The zero-order valence-corrected chi connectivity index (χ0v) is 11.2. The van der Waals surface area contributed by atoms with Crippen molar-refractivity contribution < 1.29 is 4.42 Å². The second kappa shape index (κ2) is 5.17. The van der Waals surface area contributed by atoms with Crippen LogP contribution in [0.2, 0.25) is 5.02 Å². The van der Waals surface area contributed by atoms with Crippen molar-refractivity contribution in [2.75, 3.05) is 5.88 Å². The first-order chi connectivity index (χ1) is 7.70. The molecule has 2 rings (SSSR count). The molecular formula is C10H7BrCl2N2O. The zero-order chi connectivity index (χ0) is 11.5. The van der Waals surface area contributed by atoms with Crippen molar-refractivity contribution in [3.05, 3.63) is 33.6 Å². The summed E-state index contributed by atoms with van der Waals surface area (Å²) in [5.41, 5.74) is 0.779. The minimum Gasteiger partial charge on any atom is -0.421 e. The largest absolute Gasteiger partial charge is 0.421 e. The van der Waals surface area contributed by atoms with Crippen LogP contribution in [-0.4, -0.2) is 16.1 Å². The molecule has 0 saturated carbocycles. The highest BCUT2D eigenvalue weighted by atomic mass is 79.9. The van der Waals surface area contributed by atoms with Crippen molar-refractivity contribution >= 4 is 39.1 Å². The van der Waals surface area contributed by atoms with Gasteiger partial charge in [-0.15, -0.1) is 21.8 Å². The van der Waals surface area contributed by atoms with E-state index >= 15 is 0 Å². The van der Waals surface area contributed by atoms with Crippen molar-refractivity contribution in [1.82, 2.24) is 10.2 Å². The van der Waals surface area contributed by atoms with Gasteiger partial charge in [-0.25, -0.2) is 0 Å². The maximum absolute atomic E-state index is 5.90. The lowest BCUT2D eigenvalue weighted by molar-refractivity contribution is 0.513. The van der Waals surface area contributed by atoms with Crippen molar-refractivity contribution in [3.63, 3.8) is 0 Å². The maximum atomic E-state index is 5.90. The molecule has 0 atom stereocenters. The van der Waals surface area contributed by atoms with Crippen molar-refractivity contribution in [2.24, 2.45) is 0 Å². The Morgan fingerprint density at radius 1 is 1.31 bits per heavy atom. The number of nitrogens with zero attached hydrogens (tertiary/aromatic N) is 2. The molecule has 0 N–H and O–H groups in total. The van der Waals surface area contributed by atoms with E-state index in [0.29, 0.717) is 29.1 Å². The highest BCUT2D eigenvalue weighted by Crippen LogP contribution is 2.29. The van der Waals surface area contributed by atoms with Crippen LogP contribution >= 0.6 is 39.1 Å². The van der Waals surface area contributed by atoms with Crippen LogP contribution in [0.1, 0.15) is 5.89 Å². The molecule has 0 radical (unpaired) electrons. The number of hydrogen-bond donors (Lipinski definition) is 0. The van der Waals surface area contributed by atoms with Crippen LogP contribution in [0.3, 0.4) is 0 Å². The highest BCUT2D eigenvalue weighted by molar-refractivity contribution is 9.10. The van der Waals surface area contributed by atoms with Gasteiger partial charge < -0.3 is 4.42 Å². The molecule has 1 aromatic carbocycles. The number of halogens is 3. The molecule has 84 valence electrons. The van der Waals surface area contributed by atoms with Gasteiger partial charge in [0, 0.05) is 21.8 Å². The second-order valence-electron chi connectivity index (χ2n) is 3.06. The fraction of sp³-hybridized carbons (Fsp3) is 0.200. The van der Waals surface area contributed by atoms with Crippen LogP contribution in [-0.2, 0) is 6.42 Å². The van der Waals surface area contributed by atoms with E-state index in [-0.39, 0.29) is 0 Å². The Morgan fingerprint density at radius 3 is 2.88 bits per heavy atom. The summed E-state index contributed by atoms with van der Waals surface area (Å²) >= 11 is 14.9. The standard InChI is InChI=1S/C10H7BrCl2N2O/c11-8-2-1-6(13)5-7(8)10-15-14-9(16-10)3-4-12/h1-2,5H,3-4H2. The fourth-order valence-electron chi connectivity index (χ4n) is 1.21. The molecule has 3 nitrogen and oxygen atoms in total. The monoisotopic (exact) mass is 320 g/mol. The van der Waals surface area contributed by atoms with E-state index in [9.17, 15) is 0 Å². The molecule has 0 unspecified atom stereocenters. The fourth-order valence-corrected chi connectivity index (χ4v) is 1.96. The first-order valence-corrected chi connectivity index (χ1v) is 6.25. The third kappa shape index (κ3) is 2.56. The number of aromatic nitrogens is 2. The second-order valence-corrected chi connectivity index (χ2v) is 4.73. The SMILES string of the molecule is ClCCc1nnc(-c2cc(Cl)ccc2Br)o1. The smallest absolute Gasteiger partial charge is 0.248 e. The van der Waals surface area contributed by atoms with Gasteiger partial charge in [-0.05, 0) is 34.1 Å². The summed E-state index contributed by atoms with van der Waals surface area (Å²) in [6.45, 7) is 0. The average Bonchev–Trinajstić information content (AvgIpc) is 2.71. The summed E-state index contributed by atoms with van der Waals surface area (Å²) in [6, 6.07) is 5.39. The van der Waals surface area contributed by atoms with E-state index < -0.39 is 0 Å². The van der Waals surface area contributed by atoms with E-state index in [0.717, 1.165) is 10.0 Å². The molecule has 1 aromatic heterocycles. The summed E-state index contributed by atoms with van der Waals surface area (Å²) in [7, 11) is 0. The Kier molecular flexibility index (Phi) is 3.84. The number of benzene rings is 1. The third-order valence-electron chi connectivity index (χ3n) is 1.93. The summed E-state index contributed by atoms with van der Waals surface area (Å²) in [5.74, 6) is 1.42. The predicted molar refractivity (Wildman–Crippen MR) is 66.9 cm³/mol. The maximum Gasteiger partial charge on any atom is 0.248 e. The van der Waals surface area contributed by atoms with Crippen LogP contribution < -0.4 is 0 Å². The topological polar surface area (TPSA) is 38.9 Å². The van der Waals surface area contributed by atoms with E-state index in [2.05, 4.69) is 26.1 Å². The lowest BCUT2D eigenvalue weighted by Crippen LogP contribution is -1.84. The molecule has 0 amide bonds. The van der Waals surface area contributed by atoms with Gasteiger partial charge in [0.05, 0.1) is 5.56 Å². The lowest BCUT2D eigenvalue weighted by atomic mass is 10.2. The van der Waals surface area contributed by atoms with Crippen LogP contribution in [0.25, 0.3) is 11.5 Å². The molecule has 0 fully saturated rings. The van der Waals surface area contributed by atoms with Gasteiger partial charge in [0.25, 0.3) is 0 Å². The van der Waals surface area contributed by atoms with Gasteiger partial charge in [-0.1, -0.05) is 11.6 Å². The average molecular weight is 322 g/mol. The van der Waals surface area contributed by atoms with Crippen molar-refractivity contribution in [1.29, 1.82) is 0 Å². The number of rotatable bonds is 3. The van der Waals surface area contributed by atoms with Crippen LogP contribution in [0, 0.1) is 0 Å². The van der Waals surface area contributed by atoms with E-state index in [4.69, 9.17) is 27.6 Å². The molecule has 6 heteroatoms. The molecular weight excluding hydrogens is 315 g/mol. The summed E-state index contributed by atoms with van der Waals surface area (Å²) in [6.07, 6.45) is 0.562. The molecule has 0 spiro atoms. The molecule has 1 heterocycles. The Balaban J connectivity index is 2.38. The highest BCUT2D eigenvalue weighted by Gasteiger charge is 2.11. The Morgan fingerprint density at radius 2 is 2.12 bits per heavy atom. The Hall–Kier alpha value is -0.580. The summed E-state index contributed by atoms with van der Waals surface area (Å²) in [4.78, 5) is 0. The number of aryl methyl sites for hydroxylation is 1. The first kappa shape index (κ1) is 11.9. The van der Waals surface area contributed by atoms with Crippen LogP contribution in [0.5, 0.6) is 0 Å². The van der Waals surface area contributed by atoms with E-state index in [1.807, 2.05) is 6.07 Å². The normalized spacial score (nSPS) is 10.7. The minimum absolute atomic E-state index is 0.439. The molecule has 2 aromatic rings. The summed E-state index contributed by atoms with van der Waals surface area (Å²) < 4.78 is 6.31. The third-order valence-corrected chi connectivity index (χ3v) is 3.05. The van der Waals surface area contributed by atoms with Gasteiger partial charge in [0.1, 0.15) is 0 Å². The molecule has 0 aliphatic heterocycles. The Bertz CT molecular complexity index is 501. The van der Waals surface area contributed by atoms with Crippen LogP contribution in [0.4, 0.5) is 0 Å². The molecule has 0 bridgehead atoms. The van der Waals surface area contributed by atoms with Gasteiger partial charge in [0.15, 0.2) is 0 Å². The number of hydrogen-bond acceptors (Lipinski definition) is 3. The van der Waals surface area contributed by atoms with Crippen molar-refractivity contribution in [2.45, 2.75) is 6.42 Å². The molecule has 16 heavy (non-hydrogen) atoms. The number of alkyl halides is 1. The molecule has 0 aliphatic carbocycles. The molecule has 0 aliphatic rings.